The SMILES string of the molecule is COc1ccc(CNc2ccc3c(c2)CCC(=O)N3)cc1. The summed E-state index contributed by atoms with van der Waals surface area (Å²) in [4.78, 5) is 11.3. The molecule has 0 fully saturated rings. The van der Waals surface area contributed by atoms with Crippen LogP contribution in [0.15, 0.2) is 42.5 Å². The lowest BCUT2D eigenvalue weighted by atomic mass is 10.0. The van der Waals surface area contributed by atoms with Crippen molar-refractivity contribution in [2.75, 3.05) is 17.7 Å². The topological polar surface area (TPSA) is 50.4 Å². The molecule has 0 radical (unpaired) electrons. The van der Waals surface area contributed by atoms with Crippen LogP contribution in [0.1, 0.15) is 17.5 Å². The van der Waals surface area contributed by atoms with Crippen molar-refractivity contribution in [2.45, 2.75) is 19.4 Å². The second kappa shape index (κ2) is 5.87. The van der Waals surface area contributed by atoms with Crippen LogP contribution in [0.3, 0.4) is 0 Å². The van der Waals surface area contributed by atoms with Crippen LogP contribution < -0.4 is 15.4 Å². The minimum Gasteiger partial charge on any atom is -0.497 e. The maximum absolute atomic E-state index is 11.3. The van der Waals surface area contributed by atoms with Crippen LogP contribution in [0.25, 0.3) is 0 Å². The van der Waals surface area contributed by atoms with Crippen molar-refractivity contribution < 1.29 is 9.53 Å². The molecular weight excluding hydrogens is 264 g/mol. The normalized spacial score (nSPS) is 13.3. The fourth-order valence-corrected chi connectivity index (χ4v) is 2.44. The largest absolute Gasteiger partial charge is 0.497 e. The van der Waals surface area contributed by atoms with E-state index in [9.17, 15) is 4.79 Å². The number of carbonyl (C=O) groups excluding carboxylic acids is 1. The lowest BCUT2D eigenvalue weighted by molar-refractivity contribution is -0.116. The zero-order valence-corrected chi connectivity index (χ0v) is 12.0. The van der Waals surface area contributed by atoms with Crippen LogP contribution in [0.2, 0.25) is 0 Å². The molecule has 1 amide bonds. The Bertz CT molecular complexity index is 650. The van der Waals surface area contributed by atoms with Crippen LogP contribution in [0, 0.1) is 0 Å². The third kappa shape index (κ3) is 3.16. The van der Waals surface area contributed by atoms with Crippen LogP contribution >= 0.6 is 0 Å². The van der Waals surface area contributed by atoms with Gasteiger partial charge in [0.2, 0.25) is 5.91 Å². The van der Waals surface area contributed by atoms with Crippen molar-refractivity contribution >= 4 is 17.3 Å². The van der Waals surface area contributed by atoms with Crippen LogP contribution in [-0.2, 0) is 17.8 Å². The van der Waals surface area contributed by atoms with E-state index in [4.69, 9.17) is 4.74 Å². The molecule has 0 aliphatic carbocycles. The number of nitrogens with one attached hydrogen (secondary N) is 2. The molecule has 0 saturated carbocycles. The highest BCUT2D eigenvalue weighted by atomic mass is 16.5. The molecule has 4 heteroatoms. The summed E-state index contributed by atoms with van der Waals surface area (Å²) in [5.41, 5.74) is 4.39. The second-order valence-electron chi connectivity index (χ2n) is 5.12. The lowest BCUT2D eigenvalue weighted by Crippen LogP contribution is -2.18. The van der Waals surface area contributed by atoms with Gasteiger partial charge in [0.1, 0.15) is 5.75 Å². The van der Waals surface area contributed by atoms with Crippen LogP contribution in [-0.4, -0.2) is 13.0 Å². The highest BCUT2D eigenvalue weighted by molar-refractivity contribution is 5.94. The zero-order valence-electron chi connectivity index (χ0n) is 12.0. The van der Waals surface area contributed by atoms with Gasteiger partial charge in [-0.25, -0.2) is 0 Å². The molecule has 2 aromatic carbocycles. The van der Waals surface area contributed by atoms with Crippen molar-refractivity contribution in [1.82, 2.24) is 0 Å². The number of benzene rings is 2. The van der Waals surface area contributed by atoms with E-state index in [2.05, 4.69) is 16.7 Å². The first kappa shape index (κ1) is 13.5. The van der Waals surface area contributed by atoms with Gasteiger partial charge in [-0.2, -0.15) is 0 Å². The summed E-state index contributed by atoms with van der Waals surface area (Å²) < 4.78 is 5.15. The average Bonchev–Trinajstić information content (AvgIpc) is 2.53. The summed E-state index contributed by atoms with van der Waals surface area (Å²) in [5.74, 6) is 0.963. The molecule has 0 atom stereocenters. The number of anilines is 2. The number of hydrogen-bond donors (Lipinski definition) is 2. The molecule has 108 valence electrons. The Balaban J connectivity index is 1.66. The van der Waals surface area contributed by atoms with Gasteiger partial charge in [0.15, 0.2) is 0 Å². The maximum atomic E-state index is 11.3. The number of fused-ring (bicyclic) bond motifs is 1. The predicted octanol–water partition coefficient (Wildman–Crippen LogP) is 3.19. The molecule has 4 nitrogen and oxygen atoms in total. The Morgan fingerprint density at radius 2 is 1.95 bits per heavy atom. The number of amides is 1. The number of methoxy groups -OCH3 is 1. The van der Waals surface area contributed by atoms with Gasteiger partial charge >= 0.3 is 0 Å². The summed E-state index contributed by atoms with van der Waals surface area (Å²) in [6, 6.07) is 14.1. The fourth-order valence-electron chi connectivity index (χ4n) is 2.44. The summed E-state index contributed by atoms with van der Waals surface area (Å²) in [5, 5.41) is 6.30. The van der Waals surface area contributed by atoms with E-state index in [0.29, 0.717) is 6.42 Å². The molecule has 1 heterocycles. The van der Waals surface area contributed by atoms with Crippen LogP contribution in [0.4, 0.5) is 11.4 Å². The molecule has 0 saturated heterocycles. The minimum absolute atomic E-state index is 0.0986. The Kier molecular flexibility index (Phi) is 3.77. The van der Waals surface area contributed by atoms with Gasteiger partial charge in [-0.3, -0.25) is 4.79 Å². The van der Waals surface area contributed by atoms with Crippen molar-refractivity contribution in [3.8, 4) is 5.75 Å². The molecule has 0 spiro atoms. The molecular formula is C17H18N2O2. The summed E-state index contributed by atoms with van der Waals surface area (Å²) in [6.07, 6.45) is 1.37. The first-order chi connectivity index (χ1) is 10.2. The van der Waals surface area contributed by atoms with E-state index in [0.717, 1.165) is 30.1 Å². The van der Waals surface area contributed by atoms with Gasteiger partial charge in [-0.1, -0.05) is 12.1 Å². The Morgan fingerprint density at radius 1 is 1.14 bits per heavy atom. The first-order valence-corrected chi connectivity index (χ1v) is 7.04. The van der Waals surface area contributed by atoms with Crippen molar-refractivity contribution in [1.29, 1.82) is 0 Å². The van der Waals surface area contributed by atoms with E-state index >= 15 is 0 Å². The summed E-state index contributed by atoms with van der Waals surface area (Å²) in [6.45, 7) is 0.759. The molecule has 0 aromatic heterocycles. The second-order valence-corrected chi connectivity index (χ2v) is 5.12. The highest BCUT2D eigenvalue weighted by Gasteiger charge is 2.14. The summed E-state index contributed by atoms with van der Waals surface area (Å²) in [7, 11) is 1.67. The van der Waals surface area contributed by atoms with E-state index in [1.807, 2.05) is 36.4 Å². The molecule has 1 aliphatic rings. The predicted molar refractivity (Wildman–Crippen MR) is 83.7 cm³/mol. The van der Waals surface area contributed by atoms with Gasteiger partial charge in [-0.05, 0) is 47.9 Å². The Morgan fingerprint density at radius 3 is 2.71 bits per heavy atom. The smallest absolute Gasteiger partial charge is 0.224 e. The van der Waals surface area contributed by atoms with E-state index in [1.54, 1.807) is 7.11 Å². The van der Waals surface area contributed by atoms with E-state index < -0.39 is 0 Å². The van der Waals surface area contributed by atoms with Gasteiger partial charge in [0.25, 0.3) is 0 Å². The molecule has 3 rings (SSSR count). The van der Waals surface area contributed by atoms with Gasteiger partial charge in [-0.15, -0.1) is 0 Å². The zero-order chi connectivity index (χ0) is 14.7. The minimum atomic E-state index is 0.0986. The molecule has 21 heavy (non-hydrogen) atoms. The molecule has 1 aliphatic heterocycles. The van der Waals surface area contributed by atoms with Crippen molar-refractivity contribution in [3.05, 3.63) is 53.6 Å². The monoisotopic (exact) mass is 282 g/mol. The molecule has 0 bridgehead atoms. The number of aryl methyl sites for hydroxylation is 1. The van der Waals surface area contributed by atoms with E-state index in [1.165, 1.54) is 11.1 Å². The lowest BCUT2D eigenvalue weighted by Gasteiger charge is -2.18. The summed E-state index contributed by atoms with van der Waals surface area (Å²) >= 11 is 0. The number of carbonyl (C=O) groups is 1. The molecule has 2 N–H and O–H groups in total. The Labute approximate surface area is 124 Å². The maximum Gasteiger partial charge on any atom is 0.224 e. The number of hydrogen-bond acceptors (Lipinski definition) is 3. The van der Waals surface area contributed by atoms with Crippen molar-refractivity contribution in [3.63, 3.8) is 0 Å². The van der Waals surface area contributed by atoms with E-state index in [-0.39, 0.29) is 5.91 Å². The Hall–Kier alpha value is -2.49. The van der Waals surface area contributed by atoms with Gasteiger partial charge in [0.05, 0.1) is 7.11 Å². The van der Waals surface area contributed by atoms with Crippen molar-refractivity contribution in [2.24, 2.45) is 0 Å². The third-order valence-electron chi connectivity index (χ3n) is 3.66. The molecule has 0 unspecified atom stereocenters. The standard InChI is InChI=1S/C17H18N2O2/c1-21-15-6-2-12(3-7-15)11-18-14-5-8-16-13(10-14)4-9-17(20)19-16/h2-3,5-8,10,18H,4,9,11H2,1H3,(H,19,20). The number of rotatable bonds is 4. The highest BCUT2D eigenvalue weighted by Crippen LogP contribution is 2.26. The fraction of sp³-hybridized carbons (Fsp3) is 0.235. The third-order valence-corrected chi connectivity index (χ3v) is 3.66. The van der Waals surface area contributed by atoms with Gasteiger partial charge < -0.3 is 15.4 Å². The molecule has 2 aromatic rings. The average molecular weight is 282 g/mol. The van der Waals surface area contributed by atoms with Crippen LogP contribution in [0.5, 0.6) is 5.75 Å². The van der Waals surface area contributed by atoms with Gasteiger partial charge in [0, 0.05) is 24.3 Å². The quantitative estimate of drug-likeness (QED) is 0.905. The first-order valence-electron chi connectivity index (χ1n) is 7.04. The number of ether oxygens (including phenoxy) is 1.